The maximum atomic E-state index is 13.1. The second-order valence-corrected chi connectivity index (χ2v) is 11.4. The zero-order valence-electron chi connectivity index (χ0n) is 19.2. The van der Waals surface area contributed by atoms with Crippen molar-refractivity contribution < 1.29 is 17.9 Å². The molecular weight excluding hydrogens is 414 g/mol. The van der Waals surface area contributed by atoms with E-state index in [2.05, 4.69) is 37.9 Å². The predicted molar refractivity (Wildman–Crippen MR) is 122 cm³/mol. The van der Waals surface area contributed by atoms with Crippen molar-refractivity contribution in [3.05, 3.63) is 29.8 Å². The zero-order valence-corrected chi connectivity index (χ0v) is 20.0. The second-order valence-electron chi connectivity index (χ2n) is 9.42. The van der Waals surface area contributed by atoms with Crippen molar-refractivity contribution in [1.29, 1.82) is 0 Å². The average Bonchev–Trinajstić information content (AvgIpc) is 2.69. The fourth-order valence-corrected chi connectivity index (χ4v) is 6.55. The first-order valence-electron chi connectivity index (χ1n) is 11.4. The van der Waals surface area contributed by atoms with Crippen LogP contribution in [-0.2, 0) is 14.8 Å². The summed E-state index contributed by atoms with van der Waals surface area (Å²) in [6, 6.07) is 6.40. The van der Waals surface area contributed by atoms with Crippen molar-refractivity contribution in [2.45, 2.75) is 57.6 Å². The van der Waals surface area contributed by atoms with Crippen LogP contribution in [0.4, 0.5) is 0 Å². The Bertz CT molecular complexity index is 840. The van der Waals surface area contributed by atoms with Crippen molar-refractivity contribution in [3.8, 4) is 0 Å². The Morgan fingerprint density at radius 2 is 1.71 bits per heavy atom. The lowest BCUT2D eigenvalue weighted by Crippen LogP contribution is -2.46. The molecule has 0 saturated carbocycles. The largest absolute Gasteiger partial charge is 0.373 e. The molecule has 2 aliphatic heterocycles. The summed E-state index contributed by atoms with van der Waals surface area (Å²) >= 11 is 0. The van der Waals surface area contributed by atoms with Gasteiger partial charge in [0.15, 0.2) is 0 Å². The summed E-state index contributed by atoms with van der Waals surface area (Å²) in [5.41, 5.74) is 0.382. The Labute approximate surface area is 187 Å². The Morgan fingerprint density at radius 3 is 2.35 bits per heavy atom. The predicted octanol–water partition coefficient (Wildman–Crippen LogP) is 2.58. The van der Waals surface area contributed by atoms with Gasteiger partial charge in [-0.2, -0.15) is 4.31 Å². The van der Waals surface area contributed by atoms with Crippen LogP contribution in [-0.4, -0.2) is 75.0 Å². The smallest absolute Gasteiger partial charge is 0.251 e. The van der Waals surface area contributed by atoms with Crippen LogP contribution < -0.4 is 5.32 Å². The summed E-state index contributed by atoms with van der Waals surface area (Å²) < 4.78 is 33.6. The number of benzene rings is 1. The molecule has 0 aromatic heterocycles. The molecule has 4 atom stereocenters. The van der Waals surface area contributed by atoms with Gasteiger partial charge in [-0.1, -0.05) is 19.9 Å². The van der Waals surface area contributed by atoms with E-state index in [4.69, 9.17) is 4.74 Å². The summed E-state index contributed by atoms with van der Waals surface area (Å²) in [7, 11) is -3.60. The third-order valence-electron chi connectivity index (χ3n) is 6.00. The molecule has 2 heterocycles. The highest BCUT2D eigenvalue weighted by atomic mass is 32.2. The highest BCUT2D eigenvalue weighted by Gasteiger charge is 2.32. The molecule has 0 radical (unpaired) electrons. The first-order chi connectivity index (χ1) is 14.6. The molecule has 1 aromatic carbocycles. The number of amides is 1. The van der Waals surface area contributed by atoms with E-state index >= 15 is 0 Å². The summed E-state index contributed by atoms with van der Waals surface area (Å²) in [6.45, 7) is 12.7. The van der Waals surface area contributed by atoms with Crippen LogP contribution in [0, 0.1) is 11.8 Å². The summed E-state index contributed by atoms with van der Waals surface area (Å²) in [5, 5.41) is 2.93. The molecule has 2 aliphatic rings. The maximum absolute atomic E-state index is 13.1. The van der Waals surface area contributed by atoms with Gasteiger partial charge in [-0.25, -0.2) is 8.42 Å². The Balaban J connectivity index is 1.55. The molecule has 1 aromatic rings. The highest BCUT2D eigenvalue weighted by molar-refractivity contribution is 7.89. The molecule has 0 aliphatic carbocycles. The van der Waals surface area contributed by atoms with Gasteiger partial charge >= 0.3 is 0 Å². The standard InChI is InChI=1S/C23H37N3O4S/c1-17-11-18(2)14-26(13-17)31(28,29)22-8-5-7-21(12-22)23(27)24-9-6-10-25-15-19(3)30-20(4)16-25/h5,7-8,12,17-20H,6,9-11,13-16H2,1-4H3,(H,24,27). The SMILES string of the molecule is CC1CC(C)CN(S(=O)(=O)c2cccc(C(=O)NCCCN3CC(C)OC(C)C3)c2)C1. The molecule has 1 N–H and O–H groups in total. The number of hydrogen-bond acceptors (Lipinski definition) is 5. The van der Waals surface area contributed by atoms with E-state index in [9.17, 15) is 13.2 Å². The fourth-order valence-electron chi connectivity index (χ4n) is 4.82. The van der Waals surface area contributed by atoms with Gasteiger partial charge in [-0.3, -0.25) is 9.69 Å². The van der Waals surface area contributed by atoms with Crippen LogP contribution >= 0.6 is 0 Å². The quantitative estimate of drug-likeness (QED) is 0.645. The molecule has 31 heavy (non-hydrogen) atoms. The highest BCUT2D eigenvalue weighted by Crippen LogP contribution is 2.27. The third-order valence-corrected chi connectivity index (χ3v) is 7.83. The average molecular weight is 452 g/mol. The normalized spacial score (nSPS) is 28.4. The zero-order chi connectivity index (χ0) is 22.6. The monoisotopic (exact) mass is 451 g/mol. The Hall–Kier alpha value is -1.48. The lowest BCUT2D eigenvalue weighted by molar-refractivity contribution is -0.0680. The Kier molecular flexibility index (Phi) is 8.13. The molecule has 0 spiro atoms. The van der Waals surface area contributed by atoms with Crippen molar-refractivity contribution in [3.63, 3.8) is 0 Å². The van der Waals surface area contributed by atoms with Crippen LogP contribution in [0.2, 0.25) is 0 Å². The maximum Gasteiger partial charge on any atom is 0.251 e. The molecule has 3 rings (SSSR count). The van der Waals surface area contributed by atoms with Crippen LogP contribution in [0.5, 0.6) is 0 Å². The van der Waals surface area contributed by atoms with Gasteiger partial charge in [0.1, 0.15) is 0 Å². The first kappa shape index (κ1) is 24.2. The minimum absolute atomic E-state index is 0.192. The Morgan fingerprint density at radius 1 is 1.06 bits per heavy atom. The van der Waals surface area contributed by atoms with E-state index < -0.39 is 10.0 Å². The van der Waals surface area contributed by atoms with E-state index in [1.807, 2.05) is 0 Å². The summed E-state index contributed by atoms with van der Waals surface area (Å²) in [4.78, 5) is 15.2. The number of piperidine rings is 1. The van der Waals surface area contributed by atoms with Gasteiger partial charge in [-0.15, -0.1) is 0 Å². The van der Waals surface area contributed by atoms with E-state index in [-0.39, 0.29) is 23.0 Å². The molecule has 0 bridgehead atoms. The van der Waals surface area contributed by atoms with E-state index in [1.165, 1.54) is 6.07 Å². The second kappa shape index (κ2) is 10.4. The number of sulfonamides is 1. The number of rotatable bonds is 7. The number of carbonyl (C=O) groups excluding carboxylic acids is 1. The number of nitrogens with zero attached hydrogens (tertiary/aromatic N) is 2. The van der Waals surface area contributed by atoms with Gasteiger partial charge in [0.2, 0.25) is 10.0 Å². The van der Waals surface area contributed by atoms with Crippen molar-refractivity contribution in [2.75, 3.05) is 39.3 Å². The van der Waals surface area contributed by atoms with Gasteiger partial charge in [0.05, 0.1) is 17.1 Å². The van der Waals surface area contributed by atoms with Crippen molar-refractivity contribution >= 4 is 15.9 Å². The number of morpholine rings is 1. The third kappa shape index (κ3) is 6.51. The lowest BCUT2D eigenvalue weighted by Gasteiger charge is -2.35. The van der Waals surface area contributed by atoms with Gasteiger partial charge in [0.25, 0.3) is 5.91 Å². The van der Waals surface area contributed by atoms with Gasteiger partial charge < -0.3 is 10.1 Å². The van der Waals surface area contributed by atoms with Gasteiger partial charge in [-0.05, 0) is 56.7 Å². The molecule has 174 valence electrons. The van der Waals surface area contributed by atoms with Crippen molar-refractivity contribution in [1.82, 2.24) is 14.5 Å². The van der Waals surface area contributed by atoms with Crippen LogP contribution in [0.25, 0.3) is 0 Å². The molecule has 2 fully saturated rings. The summed E-state index contributed by atoms with van der Waals surface area (Å²) in [6.07, 6.45) is 2.34. The van der Waals surface area contributed by atoms with E-state index in [0.29, 0.717) is 37.0 Å². The molecule has 8 heteroatoms. The summed E-state index contributed by atoms with van der Waals surface area (Å²) in [5.74, 6) is 0.436. The number of carbonyl (C=O) groups is 1. The lowest BCUT2D eigenvalue weighted by atomic mass is 9.94. The van der Waals surface area contributed by atoms with Crippen LogP contribution in [0.1, 0.15) is 50.9 Å². The first-order valence-corrected chi connectivity index (χ1v) is 12.9. The minimum Gasteiger partial charge on any atom is -0.373 e. The molecule has 4 unspecified atom stereocenters. The minimum atomic E-state index is -3.60. The van der Waals surface area contributed by atoms with Crippen LogP contribution in [0.3, 0.4) is 0 Å². The van der Waals surface area contributed by atoms with E-state index in [0.717, 1.165) is 32.5 Å². The number of ether oxygens (including phenoxy) is 1. The van der Waals surface area contributed by atoms with E-state index in [1.54, 1.807) is 22.5 Å². The topological polar surface area (TPSA) is 79.0 Å². The number of nitrogens with one attached hydrogen (secondary N) is 1. The van der Waals surface area contributed by atoms with Gasteiger partial charge in [0, 0.05) is 44.8 Å². The van der Waals surface area contributed by atoms with Crippen LogP contribution in [0.15, 0.2) is 29.2 Å². The molecule has 2 saturated heterocycles. The molecule has 1 amide bonds. The molecular formula is C23H37N3O4S. The molecule has 7 nitrogen and oxygen atoms in total. The number of hydrogen-bond donors (Lipinski definition) is 1. The fraction of sp³-hybridized carbons (Fsp3) is 0.696. The van der Waals surface area contributed by atoms with Crippen molar-refractivity contribution in [2.24, 2.45) is 11.8 Å².